The summed E-state index contributed by atoms with van der Waals surface area (Å²) in [5, 5.41) is 30.2. The largest absolute Gasteiger partial charge is 0.471 e. The van der Waals surface area contributed by atoms with E-state index in [0.29, 0.717) is 0 Å². The Morgan fingerprint density at radius 1 is 1.12 bits per heavy atom. The molecule has 0 unspecified atom stereocenters. The van der Waals surface area contributed by atoms with Crippen molar-refractivity contribution in [3.05, 3.63) is 35.9 Å². The number of carbonyl (C=O) groups excluding carboxylic acids is 3. The van der Waals surface area contributed by atoms with Gasteiger partial charge in [-0.05, 0) is 12.1 Å². The summed E-state index contributed by atoms with van der Waals surface area (Å²) in [4.78, 5) is 33.2. The first-order valence-electron chi connectivity index (χ1n) is 7.17. The molecule has 4 atom stereocenters. The topological polar surface area (TPSA) is 133 Å². The molecule has 0 spiro atoms. The normalized spacial score (nSPS) is 16.1. The molecule has 8 nitrogen and oxygen atoms in total. The molecule has 0 aliphatic rings. The van der Waals surface area contributed by atoms with Gasteiger partial charge in [0.15, 0.2) is 0 Å². The average molecular weight is 379 g/mol. The zero-order chi connectivity index (χ0) is 19.9. The number of aliphatic hydroxyl groups excluding tert-OH is 3. The van der Waals surface area contributed by atoms with Crippen molar-refractivity contribution >= 4 is 18.2 Å². The molecule has 26 heavy (non-hydrogen) atoms. The maximum absolute atomic E-state index is 12.2. The van der Waals surface area contributed by atoms with Crippen LogP contribution in [0.25, 0.3) is 0 Å². The molecule has 0 heterocycles. The molecule has 4 N–H and O–H groups in total. The predicted octanol–water partition coefficient (Wildman–Crippen LogP) is -0.828. The zero-order valence-electron chi connectivity index (χ0n) is 13.1. The summed E-state index contributed by atoms with van der Waals surface area (Å²) >= 11 is 0. The Labute approximate surface area is 145 Å². The van der Waals surface area contributed by atoms with Crippen LogP contribution in [0, 0.1) is 0 Å². The summed E-state index contributed by atoms with van der Waals surface area (Å²) in [6.07, 6.45) is -11.9. The van der Waals surface area contributed by atoms with Crippen molar-refractivity contribution in [1.82, 2.24) is 5.32 Å². The van der Waals surface area contributed by atoms with E-state index in [2.05, 4.69) is 0 Å². The minimum Gasteiger partial charge on any atom is -0.459 e. The zero-order valence-corrected chi connectivity index (χ0v) is 13.1. The van der Waals surface area contributed by atoms with Crippen LogP contribution in [0.2, 0.25) is 0 Å². The van der Waals surface area contributed by atoms with Crippen LogP contribution < -0.4 is 5.32 Å². The quantitative estimate of drug-likeness (QED) is 0.342. The number of nitrogens with one attached hydrogen (secondary N) is 1. The molecule has 0 radical (unpaired) electrons. The van der Waals surface area contributed by atoms with Crippen LogP contribution in [0.1, 0.15) is 10.4 Å². The fourth-order valence-electron chi connectivity index (χ4n) is 1.79. The van der Waals surface area contributed by atoms with Crippen molar-refractivity contribution < 1.29 is 47.6 Å². The minimum atomic E-state index is -5.31. The Kier molecular flexibility index (Phi) is 7.68. The lowest BCUT2D eigenvalue weighted by Gasteiger charge is -2.27. The van der Waals surface area contributed by atoms with Crippen LogP contribution >= 0.6 is 0 Å². The number of esters is 1. The molecule has 1 aromatic carbocycles. The average Bonchev–Trinajstić information content (AvgIpc) is 2.62. The number of rotatable bonds is 8. The molecule has 0 saturated heterocycles. The van der Waals surface area contributed by atoms with Crippen molar-refractivity contribution in [3.8, 4) is 0 Å². The number of alkyl halides is 3. The predicted molar refractivity (Wildman–Crippen MR) is 78.8 cm³/mol. The molecule has 0 saturated carbocycles. The molecule has 1 amide bonds. The van der Waals surface area contributed by atoms with Crippen LogP contribution in [0.5, 0.6) is 0 Å². The molecule has 0 bridgehead atoms. The summed E-state index contributed by atoms with van der Waals surface area (Å²) in [5.74, 6) is -3.37. The van der Waals surface area contributed by atoms with Crippen LogP contribution in [-0.2, 0) is 14.3 Å². The fourth-order valence-corrected chi connectivity index (χ4v) is 1.79. The number of halogens is 3. The number of aliphatic hydroxyl groups is 3. The summed E-state index contributed by atoms with van der Waals surface area (Å²) in [5.41, 5.74) is 0.137. The first-order chi connectivity index (χ1) is 12.1. The summed E-state index contributed by atoms with van der Waals surface area (Å²) in [6, 6.07) is 5.41. The van der Waals surface area contributed by atoms with Crippen LogP contribution in [0.15, 0.2) is 30.3 Å². The Bertz CT molecular complexity index is 623. The van der Waals surface area contributed by atoms with Crippen LogP contribution in [-0.4, -0.2) is 70.6 Å². The summed E-state index contributed by atoms with van der Waals surface area (Å²) in [7, 11) is 0. The summed E-state index contributed by atoms with van der Waals surface area (Å²) < 4.78 is 41.2. The third kappa shape index (κ3) is 6.10. The molecular formula is C15H16F3NO7. The van der Waals surface area contributed by atoms with Crippen LogP contribution in [0.4, 0.5) is 13.2 Å². The lowest BCUT2D eigenvalue weighted by Crippen LogP contribution is -2.55. The summed E-state index contributed by atoms with van der Waals surface area (Å²) in [6.45, 7) is -0.815. The number of hydrogen-bond donors (Lipinski definition) is 4. The van der Waals surface area contributed by atoms with Gasteiger partial charge in [0.1, 0.15) is 37.2 Å². The Hall–Kier alpha value is -2.50. The third-order valence-electron chi connectivity index (χ3n) is 3.21. The van der Waals surface area contributed by atoms with E-state index in [4.69, 9.17) is 4.74 Å². The highest BCUT2D eigenvalue weighted by molar-refractivity contribution is 5.89. The first kappa shape index (κ1) is 21.5. The lowest BCUT2D eigenvalue weighted by molar-refractivity contribution is -0.176. The van der Waals surface area contributed by atoms with Crippen molar-refractivity contribution in [2.45, 2.75) is 30.5 Å². The van der Waals surface area contributed by atoms with Gasteiger partial charge in [-0.3, -0.25) is 4.79 Å². The monoisotopic (exact) mass is 379 g/mol. The second-order valence-corrected chi connectivity index (χ2v) is 5.15. The minimum absolute atomic E-state index is 0.137. The first-order valence-corrected chi connectivity index (χ1v) is 7.17. The number of amides is 1. The van der Waals surface area contributed by atoms with E-state index < -0.39 is 49.0 Å². The van der Waals surface area contributed by atoms with Crippen LogP contribution in [0.3, 0.4) is 0 Å². The van der Waals surface area contributed by atoms with Gasteiger partial charge in [0.2, 0.25) is 0 Å². The van der Waals surface area contributed by atoms with Gasteiger partial charge >= 0.3 is 18.1 Å². The molecule has 11 heteroatoms. The second kappa shape index (κ2) is 9.27. The van der Waals surface area contributed by atoms with Gasteiger partial charge in [0.25, 0.3) is 0 Å². The molecule has 0 fully saturated rings. The van der Waals surface area contributed by atoms with Gasteiger partial charge in [-0.15, -0.1) is 0 Å². The molecule has 1 aromatic rings. The highest BCUT2D eigenvalue weighted by Gasteiger charge is 2.42. The van der Waals surface area contributed by atoms with E-state index in [9.17, 15) is 42.9 Å². The Morgan fingerprint density at radius 2 is 1.69 bits per heavy atom. The van der Waals surface area contributed by atoms with Gasteiger partial charge in [-0.2, -0.15) is 13.2 Å². The molecule has 0 aromatic heterocycles. The van der Waals surface area contributed by atoms with Gasteiger partial charge < -0.3 is 30.2 Å². The van der Waals surface area contributed by atoms with E-state index in [-0.39, 0.29) is 11.8 Å². The van der Waals surface area contributed by atoms with Crippen molar-refractivity contribution in [2.75, 3.05) is 6.61 Å². The van der Waals surface area contributed by atoms with Crippen molar-refractivity contribution in [2.24, 2.45) is 0 Å². The van der Waals surface area contributed by atoms with Crippen molar-refractivity contribution in [3.63, 3.8) is 0 Å². The third-order valence-corrected chi connectivity index (χ3v) is 3.21. The maximum Gasteiger partial charge on any atom is 0.471 e. The number of benzene rings is 1. The Morgan fingerprint density at radius 3 is 2.19 bits per heavy atom. The van der Waals surface area contributed by atoms with Gasteiger partial charge in [-0.25, -0.2) is 4.79 Å². The maximum atomic E-state index is 12.2. The number of carbonyl (C=O) groups is 3. The highest BCUT2D eigenvalue weighted by Crippen LogP contribution is 2.15. The van der Waals surface area contributed by atoms with E-state index in [1.807, 2.05) is 0 Å². The molecule has 1 rings (SSSR count). The van der Waals surface area contributed by atoms with Gasteiger partial charge in [0, 0.05) is 0 Å². The number of aldehydes is 1. The molecule has 0 aliphatic heterocycles. The van der Waals surface area contributed by atoms with Gasteiger partial charge in [-0.1, -0.05) is 18.2 Å². The molecular weight excluding hydrogens is 363 g/mol. The van der Waals surface area contributed by atoms with E-state index in [1.165, 1.54) is 17.4 Å². The SMILES string of the molecule is O=C[C@H](NC(=O)C(F)(F)F)[C@@H](O)[C@H](O)[C@H](O)COC(=O)c1ccccc1. The van der Waals surface area contributed by atoms with E-state index >= 15 is 0 Å². The van der Waals surface area contributed by atoms with E-state index in [0.717, 1.165) is 0 Å². The van der Waals surface area contributed by atoms with Crippen molar-refractivity contribution in [1.29, 1.82) is 0 Å². The van der Waals surface area contributed by atoms with Gasteiger partial charge in [0.05, 0.1) is 5.56 Å². The number of hydrogen-bond acceptors (Lipinski definition) is 7. The van der Waals surface area contributed by atoms with E-state index in [1.54, 1.807) is 18.2 Å². The molecule has 0 aliphatic carbocycles. The lowest BCUT2D eigenvalue weighted by atomic mass is 10.0. The highest BCUT2D eigenvalue weighted by atomic mass is 19.4. The standard InChI is InChI=1S/C15H16F3NO7/c16-15(17,18)14(25)19-9(6-20)11(22)12(23)10(21)7-26-13(24)8-4-2-1-3-5-8/h1-6,9-12,21-23H,7H2,(H,19,25)/t9-,10+,11+,12+/m0/s1. The second-order valence-electron chi connectivity index (χ2n) is 5.15. The number of ether oxygens (including phenoxy) is 1. The fraction of sp³-hybridized carbons (Fsp3) is 0.400. The molecule has 144 valence electrons. The Balaban J connectivity index is 2.62. The smallest absolute Gasteiger partial charge is 0.459 e.